The van der Waals surface area contributed by atoms with Crippen LogP contribution in [-0.2, 0) is 19.0 Å². The summed E-state index contributed by atoms with van der Waals surface area (Å²) in [6, 6.07) is 8.28. The van der Waals surface area contributed by atoms with Crippen LogP contribution in [0.25, 0.3) is 0 Å². The van der Waals surface area contributed by atoms with Crippen LogP contribution in [-0.4, -0.2) is 33.9 Å². The van der Waals surface area contributed by atoms with Crippen molar-refractivity contribution in [1.82, 2.24) is 0 Å². The maximum Gasteiger partial charge on any atom is 0.338 e. The van der Waals surface area contributed by atoms with Crippen molar-refractivity contribution in [2.24, 2.45) is 0 Å². The summed E-state index contributed by atoms with van der Waals surface area (Å²) in [6.45, 7) is -0.450. The maximum absolute atomic E-state index is 12.6. The molecule has 0 unspecified atom stereocenters. The molecule has 0 aromatic heterocycles. The number of carbonyl (C=O) groups is 1. The van der Waals surface area contributed by atoms with Crippen molar-refractivity contribution in [2.75, 3.05) is 19.5 Å². The molecule has 0 saturated carbocycles. The summed E-state index contributed by atoms with van der Waals surface area (Å²) in [5, 5.41) is 0. The van der Waals surface area contributed by atoms with Crippen LogP contribution < -0.4 is 0 Å². The average Bonchev–Trinajstić information content (AvgIpc) is 2.42. The Labute approximate surface area is 117 Å². The summed E-state index contributed by atoms with van der Waals surface area (Å²) in [5.74, 6) is -0.575. The molecule has 0 spiro atoms. The highest BCUT2D eigenvalue weighted by Gasteiger charge is 2.09. The molecule has 0 aliphatic carbocycles. The lowest BCUT2D eigenvalue weighted by Crippen LogP contribution is -2.10. The second-order valence-corrected chi connectivity index (χ2v) is 5.63. The van der Waals surface area contributed by atoms with Gasteiger partial charge in [0.05, 0.1) is 24.8 Å². The zero-order valence-corrected chi connectivity index (χ0v) is 11.7. The quantitative estimate of drug-likeness (QED) is 0.569. The fraction of sp³-hybridized carbons (Fsp3) is 0.308. The first kappa shape index (κ1) is 16.3. The SMILES string of the molecule is CS(=O)(=O)OCC/C(=C\F)COC(=O)c1ccccc1. The van der Waals surface area contributed by atoms with Crippen LogP contribution in [0.3, 0.4) is 0 Å². The number of ether oxygens (including phenoxy) is 1. The van der Waals surface area contributed by atoms with E-state index in [0.29, 0.717) is 5.56 Å². The minimum absolute atomic E-state index is 0.0195. The van der Waals surface area contributed by atoms with E-state index in [9.17, 15) is 17.6 Å². The van der Waals surface area contributed by atoms with Gasteiger partial charge in [0.25, 0.3) is 10.1 Å². The average molecular weight is 302 g/mol. The van der Waals surface area contributed by atoms with Gasteiger partial charge in [-0.05, 0) is 24.1 Å². The van der Waals surface area contributed by atoms with E-state index in [1.807, 2.05) is 0 Å². The van der Waals surface area contributed by atoms with E-state index in [2.05, 4.69) is 4.18 Å². The lowest BCUT2D eigenvalue weighted by molar-refractivity contribution is 0.0534. The molecule has 0 atom stereocenters. The highest BCUT2D eigenvalue weighted by Crippen LogP contribution is 2.07. The lowest BCUT2D eigenvalue weighted by Gasteiger charge is -2.07. The molecule has 0 fully saturated rings. The standard InChI is InChI=1S/C13H15FO5S/c1-20(16,17)19-8-7-11(9-14)10-18-13(15)12-5-3-2-4-6-12/h2-6,9H,7-8,10H2,1H3/b11-9+. The number of hydrogen-bond donors (Lipinski definition) is 0. The van der Waals surface area contributed by atoms with E-state index in [0.717, 1.165) is 6.26 Å². The van der Waals surface area contributed by atoms with Crippen LogP contribution in [0, 0.1) is 0 Å². The van der Waals surface area contributed by atoms with E-state index in [4.69, 9.17) is 4.74 Å². The molecule has 0 bridgehead atoms. The molecular formula is C13H15FO5S. The van der Waals surface area contributed by atoms with E-state index >= 15 is 0 Å². The molecule has 0 saturated heterocycles. The molecule has 1 aromatic carbocycles. The third kappa shape index (κ3) is 6.44. The highest BCUT2D eigenvalue weighted by molar-refractivity contribution is 7.85. The van der Waals surface area contributed by atoms with E-state index in [1.165, 1.54) is 0 Å². The van der Waals surface area contributed by atoms with Gasteiger partial charge in [0.1, 0.15) is 6.61 Å². The Balaban J connectivity index is 2.41. The van der Waals surface area contributed by atoms with Crippen molar-refractivity contribution >= 4 is 16.1 Å². The summed E-state index contributed by atoms with van der Waals surface area (Å²) in [4.78, 5) is 11.6. The molecule has 0 radical (unpaired) electrons. The predicted octanol–water partition coefficient (Wildman–Crippen LogP) is 2.06. The van der Waals surface area contributed by atoms with Crippen LogP contribution >= 0.6 is 0 Å². The molecule has 0 aliphatic rings. The van der Waals surface area contributed by atoms with Crippen molar-refractivity contribution in [2.45, 2.75) is 6.42 Å². The monoisotopic (exact) mass is 302 g/mol. The molecule has 20 heavy (non-hydrogen) atoms. The van der Waals surface area contributed by atoms with E-state index < -0.39 is 16.1 Å². The van der Waals surface area contributed by atoms with Gasteiger partial charge in [-0.15, -0.1) is 0 Å². The summed E-state index contributed by atoms with van der Waals surface area (Å²) >= 11 is 0. The summed E-state index contributed by atoms with van der Waals surface area (Å²) < 4.78 is 43.4. The zero-order chi connectivity index (χ0) is 15.0. The van der Waals surface area contributed by atoms with Crippen LogP contribution in [0.2, 0.25) is 0 Å². The van der Waals surface area contributed by atoms with Crippen molar-refractivity contribution in [3.05, 3.63) is 47.8 Å². The van der Waals surface area contributed by atoms with Crippen LogP contribution in [0.15, 0.2) is 42.2 Å². The number of carbonyl (C=O) groups excluding carboxylic acids is 1. The molecule has 1 aromatic rings. The first-order valence-electron chi connectivity index (χ1n) is 5.77. The van der Waals surface area contributed by atoms with Gasteiger partial charge in [0.2, 0.25) is 0 Å². The van der Waals surface area contributed by atoms with Crippen molar-refractivity contribution in [1.29, 1.82) is 0 Å². The lowest BCUT2D eigenvalue weighted by atomic mass is 10.2. The normalized spacial score (nSPS) is 12.2. The number of benzene rings is 1. The van der Waals surface area contributed by atoms with Crippen LogP contribution in [0.4, 0.5) is 4.39 Å². The van der Waals surface area contributed by atoms with Gasteiger partial charge in [-0.2, -0.15) is 8.42 Å². The number of halogens is 1. The van der Waals surface area contributed by atoms with Gasteiger partial charge in [-0.3, -0.25) is 4.18 Å². The maximum atomic E-state index is 12.6. The second kappa shape index (κ2) is 7.76. The molecular weight excluding hydrogens is 287 g/mol. The Kier molecular flexibility index (Phi) is 6.33. The molecule has 110 valence electrons. The minimum atomic E-state index is -3.56. The van der Waals surface area contributed by atoms with Gasteiger partial charge in [0, 0.05) is 0 Å². The summed E-state index contributed by atoms with van der Waals surface area (Å²) in [7, 11) is -3.56. The molecule has 7 heteroatoms. The van der Waals surface area contributed by atoms with Gasteiger partial charge in [0.15, 0.2) is 0 Å². The molecule has 0 aliphatic heterocycles. The van der Waals surface area contributed by atoms with Gasteiger partial charge >= 0.3 is 5.97 Å². The molecule has 0 heterocycles. The van der Waals surface area contributed by atoms with Crippen molar-refractivity contribution in [3.8, 4) is 0 Å². The predicted molar refractivity (Wildman–Crippen MR) is 71.3 cm³/mol. The third-order valence-corrected chi connectivity index (χ3v) is 2.87. The summed E-state index contributed by atoms with van der Waals surface area (Å²) in [5.41, 5.74) is 0.496. The largest absolute Gasteiger partial charge is 0.457 e. The Bertz CT molecular complexity index is 566. The third-order valence-electron chi connectivity index (χ3n) is 2.27. The smallest absolute Gasteiger partial charge is 0.338 e. The molecule has 0 N–H and O–H groups in total. The second-order valence-electron chi connectivity index (χ2n) is 3.99. The van der Waals surface area contributed by atoms with Gasteiger partial charge in [-0.25, -0.2) is 9.18 Å². The minimum Gasteiger partial charge on any atom is -0.457 e. The Hall–Kier alpha value is -1.73. The topological polar surface area (TPSA) is 69.7 Å². The van der Waals surface area contributed by atoms with Crippen LogP contribution in [0.5, 0.6) is 0 Å². The van der Waals surface area contributed by atoms with E-state index in [-0.39, 0.29) is 31.5 Å². The zero-order valence-electron chi connectivity index (χ0n) is 10.9. The first-order chi connectivity index (χ1) is 9.42. The van der Waals surface area contributed by atoms with Gasteiger partial charge in [-0.1, -0.05) is 18.2 Å². The molecule has 1 rings (SSSR count). The fourth-order valence-corrected chi connectivity index (χ4v) is 1.68. The van der Waals surface area contributed by atoms with Gasteiger partial charge < -0.3 is 4.74 Å². The number of hydrogen-bond acceptors (Lipinski definition) is 5. The Morgan fingerprint density at radius 1 is 1.30 bits per heavy atom. The number of rotatable bonds is 7. The Morgan fingerprint density at radius 3 is 2.50 bits per heavy atom. The highest BCUT2D eigenvalue weighted by atomic mass is 32.2. The molecule has 5 nitrogen and oxygen atoms in total. The van der Waals surface area contributed by atoms with E-state index in [1.54, 1.807) is 30.3 Å². The fourth-order valence-electron chi connectivity index (χ4n) is 1.30. The molecule has 0 amide bonds. The Morgan fingerprint density at radius 2 is 1.95 bits per heavy atom. The summed E-state index contributed by atoms with van der Waals surface area (Å²) in [6.07, 6.45) is 1.21. The van der Waals surface area contributed by atoms with Crippen molar-refractivity contribution < 1.29 is 26.5 Å². The first-order valence-corrected chi connectivity index (χ1v) is 7.59. The number of esters is 1. The van der Waals surface area contributed by atoms with Crippen LogP contribution in [0.1, 0.15) is 16.8 Å². The van der Waals surface area contributed by atoms with Crippen molar-refractivity contribution in [3.63, 3.8) is 0 Å².